The minimum absolute atomic E-state index is 0.551. The summed E-state index contributed by atoms with van der Waals surface area (Å²) in [6, 6.07) is 12.4. The predicted molar refractivity (Wildman–Crippen MR) is 101 cm³/mol. The van der Waals surface area contributed by atoms with Crippen molar-refractivity contribution in [3.05, 3.63) is 65.1 Å². The lowest BCUT2D eigenvalue weighted by molar-refractivity contribution is 0.152. The molecule has 1 atom stereocenters. The summed E-state index contributed by atoms with van der Waals surface area (Å²) in [6.07, 6.45) is 3.24. The predicted octanol–water partition coefficient (Wildman–Crippen LogP) is 3.11. The van der Waals surface area contributed by atoms with Crippen molar-refractivity contribution in [1.29, 1.82) is 0 Å². The molecule has 1 unspecified atom stereocenters. The number of nitrogens with zero attached hydrogens (tertiary/aromatic N) is 3. The molecular formula is C21H25N3O. The van der Waals surface area contributed by atoms with E-state index in [1.165, 1.54) is 27.7 Å². The SMILES string of the molecule is Cc1ccc2c(c1)c1c(n2CC(O)c2ccccn2)CCN(C)CC1. The Morgan fingerprint density at radius 2 is 2.00 bits per heavy atom. The maximum absolute atomic E-state index is 10.7. The van der Waals surface area contributed by atoms with Crippen LogP contribution in [0, 0.1) is 6.92 Å². The normalized spacial score (nSPS) is 16.6. The van der Waals surface area contributed by atoms with E-state index in [0.29, 0.717) is 6.54 Å². The van der Waals surface area contributed by atoms with Crippen LogP contribution in [0.25, 0.3) is 10.9 Å². The molecule has 0 saturated carbocycles. The summed E-state index contributed by atoms with van der Waals surface area (Å²) in [5.41, 5.74) is 6.08. The van der Waals surface area contributed by atoms with E-state index in [2.05, 4.69) is 46.6 Å². The van der Waals surface area contributed by atoms with E-state index in [4.69, 9.17) is 0 Å². The molecule has 1 aliphatic heterocycles. The summed E-state index contributed by atoms with van der Waals surface area (Å²) in [4.78, 5) is 6.71. The first-order valence-corrected chi connectivity index (χ1v) is 9.01. The third-order valence-corrected chi connectivity index (χ3v) is 5.30. The Balaban J connectivity index is 1.80. The van der Waals surface area contributed by atoms with Crippen LogP contribution in [0.3, 0.4) is 0 Å². The van der Waals surface area contributed by atoms with Gasteiger partial charge in [-0.2, -0.15) is 0 Å². The molecular weight excluding hydrogens is 310 g/mol. The lowest BCUT2D eigenvalue weighted by Gasteiger charge is -2.17. The number of hydrogen-bond acceptors (Lipinski definition) is 3. The largest absolute Gasteiger partial charge is 0.385 e. The van der Waals surface area contributed by atoms with Crippen LogP contribution < -0.4 is 0 Å². The molecule has 4 nitrogen and oxygen atoms in total. The Bertz CT molecular complexity index is 885. The van der Waals surface area contributed by atoms with E-state index in [1.54, 1.807) is 6.20 Å². The zero-order valence-electron chi connectivity index (χ0n) is 14.9. The standard InChI is InChI=1S/C21H25N3O/c1-15-6-7-19-17(13-15)16-8-11-23(2)12-9-20(16)24(19)14-21(25)18-5-3-4-10-22-18/h3-7,10,13,21,25H,8-9,11-12,14H2,1-2H3. The van der Waals surface area contributed by atoms with Gasteiger partial charge in [0.05, 0.1) is 12.2 Å². The van der Waals surface area contributed by atoms with Crippen molar-refractivity contribution in [3.8, 4) is 0 Å². The fourth-order valence-corrected chi connectivity index (χ4v) is 3.91. The lowest BCUT2D eigenvalue weighted by atomic mass is 10.1. The van der Waals surface area contributed by atoms with Gasteiger partial charge in [-0.1, -0.05) is 17.7 Å². The lowest BCUT2D eigenvalue weighted by Crippen LogP contribution is -2.21. The number of aliphatic hydroxyl groups is 1. The fraction of sp³-hybridized carbons (Fsp3) is 0.381. The second-order valence-electron chi connectivity index (χ2n) is 7.13. The fourth-order valence-electron chi connectivity index (χ4n) is 3.91. The number of aliphatic hydroxyl groups excluding tert-OH is 1. The third-order valence-electron chi connectivity index (χ3n) is 5.30. The quantitative estimate of drug-likeness (QED) is 0.800. The van der Waals surface area contributed by atoms with Crippen molar-refractivity contribution in [2.75, 3.05) is 20.1 Å². The number of rotatable bonds is 3. The van der Waals surface area contributed by atoms with Gasteiger partial charge in [0.1, 0.15) is 6.10 Å². The van der Waals surface area contributed by atoms with Crippen LogP contribution in [-0.2, 0) is 19.4 Å². The molecule has 0 bridgehead atoms. The van der Waals surface area contributed by atoms with Gasteiger partial charge in [0.2, 0.25) is 0 Å². The molecule has 1 N–H and O–H groups in total. The monoisotopic (exact) mass is 335 g/mol. The van der Waals surface area contributed by atoms with Gasteiger partial charge in [-0.25, -0.2) is 0 Å². The summed E-state index contributed by atoms with van der Waals surface area (Å²) in [5, 5.41) is 12.1. The number of likely N-dealkylation sites (N-methyl/N-ethyl adjacent to an activating group) is 1. The molecule has 0 radical (unpaired) electrons. The molecule has 0 amide bonds. The summed E-state index contributed by atoms with van der Waals surface area (Å²) in [5.74, 6) is 0. The van der Waals surface area contributed by atoms with Crippen LogP contribution in [0.15, 0.2) is 42.6 Å². The van der Waals surface area contributed by atoms with Crippen molar-refractivity contribution >= 4 is 10.9 Å². The third kappa shape index (κ3) is 3.08. The topological polar surface area (TPSA) is 41.3 Å². The van der Waals surface area contributed by atoms with E-state index in [9.17, 15) is 5.11 Å². The van der Waals surface area contributed by atoms with Gasteiger partial charge in [-0.05, 0) is 50.2 Å². The maximum atomic E-state index is 10.7. The Morgan fingerprint density at radius 3 is 2.80 bits per heavy atom. The second kappa shape index (κ2) is 6.62. The first-order chi connectivity index (χ1) is 12.1. The Kier molecular flexibility index (Phi) is 4.32. The van der Waals surface area contributed by atoms with E-state index in [1.807, 2.05) is 18.2 Å². The molecule has 2 aromatic heterocycles. The Labute approximate surface area is 148 Å². The van der Waals surface area contributed by atoms with Gasteiger partial charge in [0, 0.05) is 42.3 Å². The highest BCUT2D eigenvalue weighted by atomic mass is 16.3. The number of benzene rings is 1. The van der Waals surface area contributed by atoms with E-state index >= 15 is 0 Å². The van der Waals surface area contributed by atoms with Gasteiger partial charge < -0.3 is 14.6 Å². The Hall–Kier alpha value is -2.17. The van der Waals surface area contributed by atoms with Gasteiger partial charge >= 0.3 is 0 Å². The number of pyridine rings is 1. The molecule has 0 fully saturated rings. The Morgan fingerprint density at radius 1 is 1.16 bits per heavy atom. The highest BCUT2D eigenvalue weighted by Gasteiger charge is 2.22. The molecule has 130 valence electrons. The van der Waals surface area contributed by atoms with Crippen LogP contribution in [0.2, 0.25) is 0 Å². The average molecular weight is 335 g/mol. The number of fused-ring (bicyclic) bond motifs is 3. The van der Waals surface area contributed by atoms with Crippen molar-refractivity contribution < 1.29 is 5.11 Å². The van der Waals surface area contributed by atoms with E-state index in [-0.39, 0.29) is 0 Å². The van der Waals surface area contributed by atoms with Gasteiger partial charge in [0.15, 0.2) is 0 Å². The first kappa shape index (κ1) is 16.3. The summed E-state index contributed by atoms with van der Waals surface area (Å²) >= 11 is 0. The van der Waals surface area contributed by atoms with E-state index < -0.39 is 6.10 Å². The second-order valence-corrected chi connectivity index (χ2v) is 7.13. The molecule has 0 spiro atoms. The zero-order chi connectivity index (χ0) is 17.4. The highest BCUT2D eigenvalue weighted by Crippen LogP contribution is 2.31. The van der Waals surface area contributed by atoms with Gasteiger partial charge in [0.25, 0.3) is 0 Å². The molecule has 4 heteroatoms. The molecule has 0 aliphatic carbocycles. The molecule has 3 aromatic rings. The molecule has 1 aliphatic rings. The maximum Gasteiger partial charge on any atom is 0.114 e. The minimum atomic E-state index is -0.594. The highest BCUT2D eigenvalue weighted by molar-refractivity contribution is 5.86. The minimum Gasteiger partial charge on any atom is -0.385 e. The number of aryl methyl sites for hydroxylation is 1. The summed E-state index contributed by atoms with van der Waals surface area (Å²) in [6.45, 7) is 4.84. The van der Waals surface area contributed by atoms with Crippen molar-refractivity contribution in [3.63, 3.8) is 0 Å². The molecule has 3 heterocycles. The first-order valence-electron chi connectivity index (χ1n) is 9.01. The number of aromatic nitrogens is 2. The van der Waals surface area contributed by atoms with Crippen LogP contribution in [0.1, 0.15) is 28.6 Å². The van der Waals surface area contributed by atoms with Crippen LogP contribution in [0.4, 0.5) is 0 Å². The average Bonchev–Trinajstić information content (AvgIpc) is 2.76. The van der Waals surface area contributed by atoms with Crippen LogP contribution in [0.5, 0.6) is 0 Å². The van der Waals surface area contributed by atoms with Crippen molar-refractivity contribution in [2.24, 2.45) is 0 Å². The zero-order valence-corrected chi connectivity index (χ0v) is 14.9. The van der Waals surface area contributed by atoms with E-state index in [0.717, 1.165) is 31.6 Å². The smallest absolute Gasteiger partial charge is 0.114 e. The van der Waals surface area contributed by atoms with Crippen molar-refractivity contribution in [2.45, 2.75) is 32.4 Å². The molecule has 25 heavy (non-hydrogen) atoms. The number of hydrogen-bond donors (Lipinski definition) is 1. The summed E-state index contributed by atoms with van der Waals surface area (Å²) < 4.78 is 2.32. The van der Waals surface area contributed by atoms with Gasteiger partial charge in [-0.3, -0.25) is 4.98 Å². The molecule has 0 saturated heterocycles. The molecule has 4 rings (SSSR count). The van der Waals surface area contributed by atoms with Crippen LogP contribution in [-0.4, -0.2) is 39.7 Å². The van der Waals surface area contributed by atoms with Gasteiger partial charge in [-0.15, -0.1) is 0 Å². The van der Waals surface area contributed by atoms with Crippen molar-refractivity contribution in [1.82, 2.24) is 14.5 Å². The van der Waals surface area contributed by atoms with Crippen LogP contribution >= 0.6 is 0 Å². The molecule has 1 aromatic carbocycles. The summed E-state index contributed by atoms with van der Waals surface area (Å²) in [7, 11) is 2.19.